The molecule has 0 spiro atoms. The highest BCUT2D eigenvalue weighted by Gasteiger charge is 2.13. The van der Waals surface area contributed by atoms with Crippen molar-refractivity contribution in [3.05, 3.63) is 109 Å². The lowest BCUT2D eigenvalue weighted by Crippen LogP contribution is -2.23. The Hall–Kier alpha value is -3.85. The van der Waals surface area contributed by atoms with Gasteiger partial charge in [-0.1, -0.05) is 41.9 Å². The molecule has 0 fully saturated rings. The van der Waals surface area contributed by atoms with E-state index in [1.807, 2.05) is 44.2 Å². The highest BCUT2D eigenvalue weighted by Crippen LogP contribution is 2.20. The van der Waals surface area contributed by atoms with Gasteiger partial charge in [-0.15, -0.1) is 0 Å². The number of halogens is 1. The Bertz CT molecular complexity index is 1450. The standard InChI is InChI=1S/C25H21BrN4O4/c1-16(2)24-28-23-11-8-19(26)13-22(23)25(31)29(24)27-14-18-4-3-5-21(12-18)34-15-17-6-9-20(10-7-17)30(32)33/h3-14,16H,15H2,1-2H3. The molecule has 172 valence electrons. The molecule has 0 bridgehead atoms. The zero-order valence-corrected chi connectivity index (χ0v) is 20.1. The molecule has 0 amide bonds. The lowest BCUT2D eigenvalue weighted by molar-refractivity contribution is -0.384. The Labute approximate surface area is 203 Å². The van der Waals surface area contributed by atoms with E-state index in [9.17, 15) is 14.9 Å². The van der Waals surface area contributed by atoms with Gasteiger partial charge in [0.2, 0.25) is 0 Å². The van der Waals surface area contributed by atoms with E-state index in [0.29, 0.717) is 22.5 Å². The molecule has 0 atom stereocenters. The first kappa shape index (κ1) is 23.3. The molecule has 0 aliphatic rings. The molecule has 8 nitrogen and oxygen atoms in total. The second-order valence-corrected chi connectivity index (χ2v) is 8.85. The normalized spacial score (nSPS) is 11.4. The van der Waals surface area contributed by atoms with E-state index in [0.717, 1.165) is 15.6 Å². The summed E-state index contributed by atoms with van der Waals surface area (Å²) in [6.07, 6.45) is 1.59. The largest absolute Gasteiger partial charge is 0.489 e. The van der Waals surface area contributed by atoms with E-state index >= 15 is 0 Å². The number of non-ortho nitro benzene ring substituents is 1. The zero-order valence-electron chi connectivity index (χ0n) is 18.5. The molecule has 0 saturated heterocycles. The fourth-order valence-corrected chi connectivity index (χ4v) is 3.70. The summed E-state index contributed by atoms with van der Waals surface area (Å²) in [5.74, 6) is 1.18. The van der Waals surface area contributed by atoms with Crippen LogP contribution in [-0.4, -0.2) is 20.8 Å². The summed E-state index contributed by atoms with van der Waals surface area (Å²) in [6.45, 7) is 4.19. The number of nitrogens with zero attached hydrogens (tertiary/aromatic N) is 4. The van der Waals surface area contributed by atoms with Crippen molar-refractivity contribution in [2.45, 2.75) is 26.4 Å². The third-order valence-electron chi connectivity index (χ3n) is 5.08. The van der Waals surface area contributed by atoms with Crippen molar-refractivity contribution in [2.24, 2.45) is 5.10 Å². The monoisotopic (exact) mass is 520 g/mol. The highest BCUT2D eigenvalue weighted by molar-refractivity contribution is 9.10. The molecule has 0 unspecified atom stereocenters. The van der Waals surface area contributed by atoms with Crippen LogP contribution < -0.4 is 10.3 Å². The van der Waals surface area contributed by atoms with Crippen molar-refractivity contribution in [1.29, 1.82) is 0 Å². The predicted molar refractivity (Wildman–Crippen MR) is 135 cm³/mol. The zero-order chi connectivity index (χ0) is 24.2. The lowest BCUT2D eigenvalue weighted by atomic mass is 10.2. The molecule has 1 aromatic heterocycles. The minimum atomic E-state index is -0.437. The van der Waals surface area contributed by atoms with E-state index in [4.69, 9.17) is 4.74 Å². The maximum Gasteiger partial charge on any atom is 0.282 e. The first-order chi connectivity index (χ1) is 16.3. The Balaban J connectivity index is 1.58. The van der Waals surface area contributed by atoms with Crippen LogP contribution in [0.15, 0.2) is 81.1 Å². The number of rotatable bonds is 7. The van der Waals surface area contributed by atoms with Crippen molar-refractivity contribution >= 4 is 38.7 Å². The average Bonchev–Trinajstić information content (AvgIpc) is 2.83. The molecule has 3 aromatic carbocycles. The summed E-state index contributed by atoms with van der Waals surface area (Å²) in [5.41, 5.74) is 1.98. The molecular weight excluding hydrogens is 500 g/mol. The molecule has 0 aliphatic carbocycles. The third-order valence-corrected chi connectivity index (χ3v) is 5.58. The van der Waals surface area contributed by atoms with Crippen LogP contribution >= 0.6 is 15.9 Å². The minimum absolute atomic E-state index is 0.00531. The van der Waals surface area contributed by atoms with Crippen LogP contribution in [0.25, 0.3) is 10.9 Å². The number of nitro benzene ring substituents is 1. The van der Waals surface area contributed by atoms with Gasteiger partial charge in [0.15, 0.2) is 0 Å². The summed E-state index contributed by atoms with van der Waals surface area (Å²) in [7, 11) is 0. The van der Waals surface area contributed by atoms with Crippen LogP contribution in [0.5, 0.6) is 5.75 Å². The van der Waals surface area contributed by atoms with Crippen LogP contribution in [0.3, 0.4) is 0 Å². The first-order valence-corrected chi connectivity index (χ1v) is 11.3. The second-order valence-electron chi connectivity index (χ2n) is 7.93. The van der Waals surface area contributed by atoms with Gasteiger partial charge in [0.25, 0.3) is 11.2 Å². The van der Waals surface area contributed by atoms with Crippen molar-refractivity contribution in [2.75, 3.05) is 0 Å². The molecule has 0 radical (unpaired) electrons. The quantitative estimate of drug-likeness (QED) is 0.178. The number of nitro groups is 1. The van der Waals surface area contributed by atoms with Crippen LogP contribution in [0, 0.1) is 10.1 Å². The van der Waals surface area contributed by atoms with Gasteiger partial charge in [-0.3, -0.25) is 14.9 Å². The van der Waals surface area contributed by atoms with E-state index < -0.39 is 4.92 Å². The first-order valence-electron chi connectivity index (χ1n) is 10.5. The molecule has 0 aliphatic heterocycles. The van der Waals surface area contributed by atoms with Crippen LogP contribution in [0.2, 0.25) is 0 Å². The predicted octanol–water partition coefficient (Wildman–Crippen LogP) is 5.65. The molecule has 4 aromatic rings. The lowest BCUT2D eigenvalue weighted by Gasteiger charge is -2.12. The van der Waals surface area contributed by atoms with Crippen molar-refractivity contribution in [3.63, 3.8) is 0 Å². The highest BCUT2D eigenvalue weighted by atomic mass is 79.9. The Morgan fingerprint density at radius 2 is 1.91 bits per heavy atom. The Kier molecular flexibility index (Phi) is 6.83. The fourth-order valence-electron chi connectivity index (χ4n) is 3.34. The Morgan fingerprint density at radius 1 is 1.15 bits per heavy atom. The van der Waals surface area contributed by atoms with Gasteiger partial charge in [-0.25, -0.2) is 4.98 Å². The van der Waals surface area contributed by atoms with Crippen molar-refractivity contribution in [1.82, 2.24) is 9.66 Å². The van der Waals surface area contributed by atoms with Gasteiger partial charge in [-0.2, -0.15) is 9.78 Å². The summed E-state index contributed by atoms with van der Waals surface area (Å²) in [4.78, 5) is 28.1. The number of benzene rings is 3. The van der Waals surface area contributed by atoms with Crippen molar-refractivity contribution < 1.29 is 9.66 Å². The van der Waals surface area contributed by atoms with E-state index in [1.165, 1.54) is 16.8 Å². The molecule has 9 heteroatoms. The van der Waals surface area contributed by atoms with E-state index in [2.05, 4.69) is 26.0 Å². The van der Waals surface area contributed by atoms with Gasteiger partial charge in [0.1, 0.15) is 18.2 Å². The SMILES string of the molecule is CC(C)c1nc2ccc(Br)cc2c(=O)n1N=Cc1cccc(OCc2ccc([N+](=O)[O-])cc2)c1. The van der Waals surface area contributed by atoms with E-state index in [-0.39, 0.29) is 23.8 Å². The summed E-state index contributed by atoms with van der Waals surface area (Å²) >= 11 is 3.41. The fraction of sp³-hybridized carbons (Fsp3) is 0.160. The molecule has 0 N–H and O–H groups in total. The smallest absolute Gasteiger partial charge is 0.282 e. The Morgan fingerprint density at radius 3 is 2.62 bits per heavy atom. The number of fused-ring (bicyclic) bond motifs is 1. The van der Waals surface area contributed by atoms with Gasteiger partial charge >= 0.3 is 0 Å². The molecular formula is C25H21BrN4O4. The maximum atomic E-state index is 13.1. The van der Waals surface area contributed by atoms with E-state index in [1.54, 1.807) is 30.5 Å². The van der Waals surface area contributed by atoms with Crippen LogP contribution in [0.4, 0.5) is 5.69 Å². The molecule has 34 heavy (non-hydrogen) atoms. The molecule has 1 heterocycles. The summed E-state index contributed by atoms with van der Waals surface area (Å²) < 4.78 is 7.96. The summed E-state index contributed by atoms with van der Waals surface area (Å²) in [6, 6.07) is 18.9. The van der Waals surface area contributed by atoms with Gasteiger partial charge < -0.3 is 4.74 Å². The number of ether oxygens (including phenoxy) is 1. The van der Waals surface area contributed by atoms with Gasteiger partial charge in [0, 0.05) is 22.5 Å². The maximum absolute atomic E-state index is 13.1. The number of hydrogen-bond donors (Lipinski definition) is 0. The van der Waals surface area contributed by atoms with Crippen LogP contribution in [0.1, 0.15) is 36.7 Å². The number of aromatic nitrogens is 2. The minimum Gasteiger partial charge on any atom is -0.489 e. The molecule has 4 rings (SSSR count). The number of hydrogen-bond acceptors (Lipinski definition) is 6. The summed E-state index contributed by atoms with van der Waals surface area (Å²) in [5, 5.41) is 15.7. The molecule has 0 saturated carbocycles. The van der Waals surface area contributed by atoms with Crippen molar-refractivity contribution in [3.8, 4) is 5.75 Å². The third kappa shape index (κ3) is 5.20. The average molecular weight is 521 g/mol. The van der Waals surface area contributed by atoms with Gasteiger partial charge in [0.05, 0.1) is 22.0 Å². The van der Waals surface area contributed by atoms with Crippen LogP contribution in [-0.2, 0) is 6.61 Å². The topological polar surface area (TPSA) is 99.6 Å². The second kappa shape index (κ2) is 9.96. The van der Waals surface area contributed by atoms with Gasteiger partial charge in [-0.05, 0) is 53.6 Å².